The molecule has 4 aromatic rings. The standard InChI is InChI=1S/C36H34ClF8N9O3/c1-32(2,35(40,41)42)17-34(21-6-3-19(4-7-21)25-15-48-54(51-25)22-8-9-22)29(56)52(31(46)50-34)26(16-57-27(55)14-33(11-12-33)36(43,44)45)20-5-10-24(37)23(13-20)28-47-18-49-53(28)30(38)39/h3-7,10,13,15,18,22,26,30H,8-9,11-12,14,16-17H2,1-2H3,(H2,46,50)/t26-,34-/m1/s1. The third-order valence-corrected chi connectivity index (χ3v) is 11.0. The summed E-state index contributed by atoms with van der Waals surface area (Å²) < 4.78 is 118. The molecule has 2 aromatic carbocycles. The molecule has 1 aliphatic heterocycles. The number of ether oxygens (including phenoxy) is 1. The van der Waals surface area contributed by atoms with E-state index in [1.165, 1.54) is 36.5 Å². The third kappa shape index (κ3) is 7.43. The Kier molecular flexibility index (Phi) is 9.88. The number of aliphatic imine (C=N–C) groups is 1. The molecule has 1 amide bonds. The van der Waals surface area contributed by atoms with Crippen molar-refractivity contribution in [2.24, 2.45) is 21.6 Å². The smallest absolute Gasteiger partial charge is 0.395 e. The molecule has 0 unspecified atom stereocenters. The van der Waals surface area contributed by atoms with Crippen LogP contribution < -0.4 is 5.73 Å². The van der Waals surface area contributed by atoms with Crippen LogP contribution in [-0.4, -0.2) is 71.5 Å². The molecule has 2 aromatic heterocycles. The summed E-state index contributed by atoms with van der Waals surface area (Å²) in [6.45, 7) is -2.26. The maximum atomic E-state index is 14.9. The number of nitrogens with two attached hydrogens (primary N) is 1. The Bertz CT molecular complexity index is 2210. The van der Waals surface area contributed by atoms with Crippen molar-refractivity contribution in [3.63, 3.8) is 0 Å². The summed E-state index contributed by atoms with van der Waals surface area (Å²) in [6, 6.07) is 8.25. The monoisotopic (exact) mass is 827 g/mol. The van der Waals surface area contributed by atoms with Gasteiger partial charge in [0.25, 0.3) is 5.91 Å². The lowest BCUT2D eigenvalue weighted by Crippen LogP contribution is -2.49. The summed E-state index contributed by atoms with van der Waals surface area (Å²) in [5.41, 5.74) is 0.101. The van der Waals surface area contributed by atoms with Crippen molar-refractivity contribution in [2.75, 3.05) is 6.61 Å². The van der Waals surface area contributed by atoms with Crippen LogP contribution in [-0.2, 0) is 19.9 Å². The summed E-state index contributed by atoms with van der Waals surface area (Å²) in [5.74, 6) is -3.40. The minimum Gasteiger partial charge on any atom is -0.463 e. The van der Waals surface area contributed by atoms with E-state index < -0.39 is 84.4 Å². The highest BCUT2D eigenvalue weighted by molar-refractivity contribution is 6.33. The fraction of sp³-hybridized carbons (Fsp3) is 0.472. The van der Waals surface area contributed by atoms with Crippen LogP contribution in [0.25, 0.3) is 22.6 Å². The Morgan fingerprint density at radius 3 is 2.32 bits per heavy atom. The molecule has 2 atom stereocenters. The summed E-state index contributed by atoms with van der Waals surface area (Å²) in [5, 5.41) is 12.1. The van der Waals surface area contributed by atoms with Crippen LogP contribution in [0, 0.1) is 10.8 Å². The van der Waals surface area contributed by atoms with Crippen LogP contribution in [0.4, 0.5) is 35.1 Å². The Labute approximate surface area is 324 Å². The van der Waals surface area contributed by atoms with E-state index in [0.29, 0.717) is 11.3 Å². The lowest BCUT2D eigenvalue weighted by molar-refractivity contribution is -0.218. The number of carbonyl (C=O) groups is 2. The molecule has 57 heavy (non-hydrogen) atoms. The summed E-state index contributed by atoms with van der Waals surface area (Å²) in [7, 11) is 0. The zero-order valence-corrected chi connectivity index (χ0v) is 30.9. The van der Waals surface area contributed by atoms with Crippen molar-refractivity contribution in [2.45, 2.75) is 88.9 Å². The highest BCUT2D eigenvalue weighted by Gasteiger charge is 2.64. The van der Waals surface area contributed by atoms with Crippen molar-refractivity contribution in [3.05, 3.63) is 71.1 Å². The highest BCUT2D eigenvalue weighted by atomic mass is 35.5. The van der Waals surface area contributed by atoms with Crippen molar-refractivity contribution in [1.82, 2.24) is 34.7 Å². The number of rotatable bonds is 13. The van der Waals surface area contributed by atoms with Gasteiger partial charge in [-0.05, 0) is 55.4 Å². The second kappa shape index (κ2) is 14.1. The molecule has 7 rings (SSSR count). The molecule has 0 bridgehead atoms. The number of hydrogen-bond acceptors (Lipinski definition) is 9. The van der Waals surface area contributed by atoms with Gasteiger partial charge in [0, 0.05) is 11.1 Å². The van der Waals surface area contributed by atoms with E-state index in [-0.39, 0.29) is 45.3 Å². The number of aromatic nitrogens is 6. The summed E-state index contributed by atoms with van der Waals surface area (Å²) in [6.07, 6.45) is -7.94. The molecule has 2 N–H and O–H groups in total. The second-order valence-corrected chi connectivity index (χ2v) is 15.5. The molecular weight excluding hydrogens is 794 g/mol. The average Bonchev–Trinajstić information content (AvgIpc) is 4.00. The van der Waals surface area contributed by atoms with Crippen molar-refractivity contribution < 1.29 is 49.4 Å². The molecule has 2 aliphatic carbocycles. The zero-order chi connectivity index (χ0) is 41.3. The number of benzene rings is 2. The number of esters is 1. The van der Waals surface area contributed by atoms with Crippen molar-refractivity contribution >= 4 is 29.4 Å². The Morgan fingerprint density at radius 1 is 1.04 bits per heavy atom. The molecule has 2 saturated carbocycles. The van der Waals surface area contributed by atoms with Gasteiger partial charge < -0.3 is 10.5 Å². The number of amides is 1. The third-order valence-electron chi connectivity index (χ3n) is 10.7. The molecule has 3 heterocycles. The van der Waals surface area contributed by atoms with Gasteiger partial charge in [0.1, 0.15) is 18.6 Å². The number of halogens is 9. The molecule has 21 heteroatoms. The average molecular weight is 828 g/mol. The topological polar surface area (TPSA) is 146 Å². The number of nitrogens with zero attached hydrogens (tertiary/aromatic N) is 8. The highest BCUT2D eigenvalue weighted by Crippen LogP contribution is 2.60. The quantitative estimate of drug-likeness (QED) is 0.106. The maximum Gasteiger partial charge on any atom is 0.395 e. The summed E-state index contributed by atoms with van der Waals surface area (Å²) >= 11 is 6.39. The number of carbonyl (C=O) groups excluding carboxylic acids is 2. The normalized spacial score (nSPS) is 20.2. The summed E-state index contributed by atoms with van der Waals surface area (Å²) in [4.78, 5) is 38.5. The molecule has 0 spiro atoms. The minimum atomic E-state index is -4.85. The molecule has 12 nitrogen and oxygen atoms in total. The fourth-order valence-corrected chi connectivity index (χ4v) is 7.09. The predicted octanol–water partition coefficient (Wildman–Crippen LogP) is 7.93. The minimum absolute atomic E-state index is 0.00652. The Morgan fingerprint density at radius 2 is 1.72 bits per heavy atom. The lowest BCUT2D eigenvalue weighted by Gasteiger charge is -2.37. The van der Waals surface area contributed by atoms with Crippen LogP contribution in [0.15, 0.2) is 60.0 Å². The van der Waals surface area contributed by atoms with Gasteiger partial charge in [0.2, 0.25) is 0 Å². The van der Waals surface area contributed by atoms with E-state index >= 15 is 0 Å². The first-order valence-electron chi connectivity index (χ1n) is 17.6. The second-order valence-electron chi connectivity index (χ2n) is 15.1. The van der Waals surface area contributed by atoms with E-state index in [4.69, 9.17) is 22.1 Å². The van der Waals surface area contributed by atoms with E-state index in [1.54, 1.807) is 16.9 Å². The SMILES string of the molecule is CC(C)(C[C@]1(c2ccc(-c3cnn(C4CC4)n3)cc2)N=C(N)N([C@H](COC(=O)CC2(C(F)(F)F)CC2)c2ccc(Cl)c(-c3ncnn3C(F)F)c2)C1=O)C(F)(F)F. The number of alkyl halides is 8. The first kappa shape index (κ1) is 40.1. The Hall–Kier alpha value is -5.14. The molecule has 0 radical (unpaired) electrons. The van der Waals surface area contributed by atoms with Crippen LogP contribution in [0.2, 0.25) is 5.02 Å². The van der Waals surface area contributed by atoms with E-state index in [0.717, 1.165) is 37.9 Å². The largest absolute Gasteiger partial charge is 0.463 e. The van der Waals surface area contributed by atoms with Gasteiger partial charge in [-0.25, -0.2) is 9.98 Å². The van der Waals surface area contributed by atoms with Crippen LogP contribution in [0.5, 0.6) is 0 Å². The van der Waals surface area contributed by atoms with Gasteiger partial charge in [-0.1, -0.05) is 55.8 Å². The predicted molar refractivity (Wildman–Crippen MR) is 186 cm³/mol. The fourth-order valence-electron chi connectivity index (χ4n) is 6.89. The van der Waals surface area contributed by atoms with Gasteiger partial charge in [0.15, 0.2) is 17.3 Å². The number of hydrogen-bond donors (Lipinski definition) is 1. The number of guanidine groups is 1. The zero-order valence-electron chi connectivity index (χ0n) is 30.2. The molecular formula is C36H34ClF8N9O3. The first-order valence-corrected chi connectivity index (χ1v) is 18.0. The van der Waals surface area contributed by atoms with Gasteiger partial charge in [-0.3, -0.25) is 14.5 Å². The van der Waals surface area contributed by atoms with Gasteiger partial charge >= 0.3 is 24.9 Å². The maximum absolute atomic E-state index is 14.9. The van der Waals surface area contributed by atoms with Gasteiger partial charge in [0.05, 0.1) is 40.6 Å². The molecule has 3 aliphatic rings. The van der Waals surface area contributed by atoms with Crippen molar-refractivity contribution in [3.8, 4) is 22.6 Å². The molecule has 304 valence electrons. The van der Waals surface area contributed by atoms with Gasteiger partial charge in [-0.15, -0.1) is 0 Å². The van der Waals surface area contributed by atoms with E-state index in [9.17, 15) is 44.7 Å². The van der Waals surface area contributed by atoms with E-state index in [2.05, 4.69) is 25.3 Å². The van der Waals surface area contributed by atoms with Crippen LogP contribution >= 0.6 is 11.6 Å². The van der Waals surface area contributed by atoms with Crippen LogP contribution in [0.1, 0.15) is 82.1 Å². The van der Waals surface area contributed by atoms with Gasteiger partial charge in [-0.2, -0.15) is 59.9 Å². The van der Waals surface area contributed by atoms with E-state index in [1.807, 2.05) is 0 Å². The van der Waals surface area contributed by atoms with Crippen molar-refractivity contribution in [1.29, 1.82) is 0 Å². The Balaban J connectivity index is 1.29. The lowest BCUT2D eigenvalue weighted by atomic mass is 9.74. The van der Waals surface area contributed by atoms with Crippen LogP contribution in [0.3, 0.4) is 0 Å². The first-order chi connectivity index (χ1) is 26.7. The molecule has 0 saturated heterocycles. The molecule has 2 fully saturated rings.